The molecule has 0 bridgehead atoms. The van der Waals surface area contributed by atoms with Crippen molar-refractivity contribution in [3.05, 3.63) is 35.9 Å². The van der Waals surface area contributed by atoms with E-state index in [2.05, 4.69) is 101 Å². The van der Waals surface area contributed by atoms with E-state index in [4.69, 9.17) is 17.2 Å². The Bertz CT molecular complexity index is 4540. The monoisotopic (exact) mass is 1910 g/mol. The van der Waals surface area contributed by atoms with Crippen LogP contribution in [0.25, 0.3) is 0 Å². The van der Waals surface area contributed by atoms with E-state index in [0.29, 0.717) is 6.42 Å². The van der Waals surface area contributed by atoms with Crippen LogP contribution in [0, 0.1) is 11.8 Å². The van der Waals surface area contributed by atoms with Crippen LogP contribution in [0.3, 0.4) is 0 Å². The molecule has 0 spiro atoms. The molecular weight excluding hydrogens is 1760 g/mol. The zero-order valence-corrected chi connectivity index (χ0v) is 82.1. The average Bonchev–Trinajstić information content (AvgIpc) is 1.69. The van der Waals surface area contributed by atoms with Crippen molar-refractivity contribution in [2.75, 3.05) is 19.7 Å². The highest BCUT2D eigenvalue weighted by Crippen LogP contribution is 2.23. The van der Waals surface area contributed by atoms with Gasteiger partial charge in [0.15, 0.2) is 0 Å². The van der Waals surface area contributed by atoms with Gasteiger partial charge in [-0.25, -0.2) is 0 Å². The summed E-state index contributed by atoms with van der Waals surface area (Å²) in [6.45, 7) is 32.7. The predicted molar refractivity (Wildman–Crippen MR) is 490 cm³/mol. The zero-order valence-electron chi connectivity index (χ0n) is 82.1. The number of primary amides is 3. The van der Waals surface area contributed by atoms with E-state index in [9.17, 15) is 115 Å². The molecule has 1 aromatic rings. The summed E-state index contributed by atoms with van der Waals surface area (Å²) in [5.74, 6) is -20.8. The van der Waals surface area contributed by atoms with Crippen LogP contribution < -0.4 is 118 Å². The topological polar surface area (TPSA) is 723 Å². The highest BCUT2D eigenvalue weighted by atomic mass is 16.3. The van der Waals surface area contributed by atoms with E-state index in [0.717, 1.165) is 5.56 Å². The molecule has 26 N–H and O–H groups in total. The van der Waals surface area contributed by atoms with Crippen LogP contribution >= 0.6 is 0 Å². The number of hydrogen-bond donors (Lipinski definition) is 23. The summed E-state index contributed by atoms with van der Waals surface area (Å²) in [5.41, 5.74) is 2.90. The number of likely N-dealkylation sites (tertiary alicyclic amines) is 1. The van der Waals surface area contributed by atoms with Gasteiger partial charge in [0.25, 0.3) is 0 Å². The molecule has 1 fully saturated rings. The number of amides is 23. The lowest BCUT2D eigenvalue weighted by Gasteiger charge is -2.34. The van der Waals surface area contributed by atoms with Gasteiger partial charge >= 0.3 is 0 Å². The zero-order chi connectivity index (χ0) is 104. The highest BCUT2D eigenvalue weighted by molar-refractivity contribution is 6.04. The third-order valence-electron chi connectivity index (χ3n) is 21.7. The number of nitrogens with one attached hydrogen (secondary N) is 19. The number of aliphatic hydroxyl groups excluding tert-OH is 1. The van der Waals surface area contributed by atoms with Crippen molar-refractivity contribution in [1.29, 1.82) is 0 Å². The number of rotatable bonds is 53. The van der Waals surface area contributed by atoms with Crippen molar-refractivity contribution in [3.63, 3.8) is 0 Å². The number of aliphatic hydroxyl groups is 1. The van der Waals surface area contributed by atoms with Crippen LogP contribution in [0.4, 0.5) is 0 Å². The maximum Gasteiger partial charge on any atom is 0.246 e. The number of carbonyl (C=O) groups is 23. The molecule has 0 aliphatic carbocycles. The van der Waals surface area contributed by atoms with Crippen LogP contribution in [-0.4, -0.2) is 276 Å². The lowest BCUT2D eigenvalue weighted by molar-refractivity contribution is -0.143. The molecule has 1 saturated heterocycles. The van der Waals surface area contributed by atoms with Crippen molar-refractivity contribution in [2.24, 2.45) is 29.0 Å². The molecule has 756 valence electrons. The minimum atomic E-state index is -1.90. The maximum absolute atomic E-state index is 14.2. The van der Waals surface area contributed by atoms with E-state index in [1.54, 1.807) is 58.0 Å². The first-order chi connectivity index (χ1) is 61.8. The normalized spacial score (nSPS) is 15.3. The Kier molecular flexibility index (Phi) is 44.0. The van der Waals surface area contributed by atoms with Gasteiger partial charge in [-0.3, -0.25) is 110 Å². The summed E-state index contributed by atoms with van der Waals surface area (Å²) in [6.07, 6.45) is -1.82. The second-order valence-electron chi connectivity index (χ2n) is 38.9. The molecule has 1 aliphatic rings. The van der Waals surface area contributed by atoms with Gasteiger partial charge in [0, 0.05) is 32.7 Å². The van der Waals surface area contributed by atoms with E-state index in [1.165, 1.54) is 150 Å². The van der Waals surface area contributed by atoms with Gasteiger partial charge in [0.2, 0.25) is 136 Å². The fourth-order valence-electron chi connectivity index (χ4n) is 13.2. The number of nitrogens with two attached hydrogens (primary N) is 3. The number of carbonyl (C=O) groups excluding carboxylic acids is 23. The van der Waals surface area contributed by atoms with E-state index < -0.39 is 291 Å². The molecule has 1 heterocycles. The van der Waals surface area contributed by atoms with Gasteiger partial charge in [-0.05, 0) is 201 Å². The molecule has 11 unspecified atom stereocenters. The van der Waals surface area contributed by atoms with Crippen molar-refractivity contribution in [1.82, 2.24) is 106 Å². The van der Waals surface area contributed by atoms with Gasteiger partial charge in [-0.2, -0.15) is 0 Å². The molecule has 0 aromatic heterocycles. The Morgan fingerprint density at radius 3 is 1.16 bits per heavy atom. The molecule has 47 nitrogen and oxygen atoms in total. The fourth-order valence-corrected chi connectivity index (χ4v) is 13.2. The predicted octanol–water partition coefficient (Wildman–Crippen LogP) is -6.07. The first-order valence-electron chi connectivity index (χ1n) is 44.4. The Morgan fingerprint density at radius 1 is 0.378 bits per heavy atom. The molecule has 11 atom stereocenters. The fraction of sp³-hybridized carbons (Fsp3) is 0.670. The SMILES string of the molecule is CC(=O)NC(C)(C)C(=O)NC(C)C(=O)NC(C)(C)C(=O)NC(C)C(=O)NC(C)(C)C(=O)NC(C)C(=O)NC(CCC(N)=O)C(=O)NC(C)(C)C(=O)NC(CC(C)C)C(=O)NC(C)(C)C(=O)NCC(=O)NC(C)(C)C(=O)NC(C)C(=O)N1CCCC1C(=O)NC(C(=O)NC(C)(C)C(=O)NC(C)(C)C(=O)NC(CCC(N)=O)C(=O)NC(CCC(N)=O)C(=O)NC(CO)Cc1ccccc1)C(C)C. The average molecular weight is 1910 g/mol. The second kappa shape index (κ2) is 50.4. The smallest absolute Gasteiger partial charge is 0.246 e. The Labute approximate surface area is 786 Å². The Morgan fingerprint density at radius 2 is 0.726 bits per heavy atom. The van der Waals surface area contributed by atoms with Gasteiger partial charge in [-0.15, -0.1) is 0 Å². The van der Waals surface area contributed by atoms with Gasteiger partial charge in [-0.1, -0.05) is 58.0 Å². The largest absolute Gasteiger partial charge is 0.394 e. The Hall–Kier alpha value is -13.0. The quantitative estimate of drug-likeness (QED) is 0.0289. The summed E-state index contributed by atoms with van der Waals surface area (Å²) in [5, 5.41) is 57.7. The second-order valence-corrected chi connectivity index (χ2v) is 38.9. The number of hydrogen-bond acceptors (Lipinski definition) is 24. The van der Waals surface area contributed by atoms with Crippen molar-refractivity contribution in [3.8, 4) is 0 Å². The molecule has 1 aromatic carbocycles. The number of benzene rings is 1. The minimum absolute atomic E-state index is 0.0370. The summed E-state index contributed by atoms with van der Waals surface area (Å²) < 4.78 is 0. The van der Waals surface area contributed by atoms with Crippen molar-refractivity contribution < 1.29 is 115 Å². The summed E-state index contributed by atoms with van der Waals surface area (Å²) >= 11 is 0. The van der Waals surface area contributed by atoms with Gasteiger partial charge < -0.3 is 128 Å². The first kappa shape index (κ1) is 118. The first-order valence-corrected chi connectivity index (χ1v) is 44.4. The van der Waals surface area contributed by atoms with Crippen LogP contribution in [0.15, 0.2) is 30.3 Å². The highest BCUT2D eigenvalue weighted by Gasteiger charge is 2.46. The molecule has 2 rings (SSSR count). The third-order valence-corrected chi connectivity index (χ3v) is 21.7. The van der Waals surface area contributed by atoms with Crippen molar-refractivity contribution in [2.45, 2.75) is 348 Å². The molecular formula is C88H145N23O24. The summed E-state index contributed by atoms with van der Waals surface area (Å²) in [7, 11) is 0. The van der Waals surface area contributed by atoms with Gasteiger partial charge in [0.1, 0.15) is 105 Å². The van der Waals surface area contributed by atoms with Crippen LogP contribution in [0.1, 0.15) is 236 Å². The third kappa shape index (κ3) is 38.5. The van der Waals surface area contributed by atoms with E-state index >= 15 is 0 Å². The lowest BCUT2D eigenvalue weighted by Crippen LogP contribution is -2.66. The number of nitrogens with zero attached hydrogens (tertiary/aromatic N) is 1. The molecule has 23 amide bonds. The molecule has 135 heavy (non-hydrogen) atoms. The van der Waals surface area contributed by atoms with Crippen LogP contribution in [-0.2, 0) is 117 Å². The lowest BCUT2D eigenvalue weighted by atomic mass is 9.96. The standard InChI is InChI=1S/C88H145N23O24/c1-44(2)40-56(101-78(133)86(20,21)107-68(123)55(35-38-60(91)116)98-63(118)46(5)93-76(131)84(16,17)105-65(120)48(7)95-77(132)85(18,19)106-64(119)47(6)94-74(129)82(12,13)103-50(9)113)69(124)108-81(10,11)73(128)92-42-61(117)104-83(14,15)75(130)96-49(8)72(127)111-39-29-32-57(111)70(125)102-62(45(3)4)71(126)109-88(24,25)80(135)110-87(22,23)79(134)100-54(34-37-59(90)115)67(122)99-53(33-36-58(89)114)66(121)97-52(43-112)41-51-30-27-26-28-31-51/h26-28,30-31,44-49,52-57,62,112H,29,32-43H2,1-25H3,(H2,89,114)(H2,90,115)(H2,91,116)(H,92,128)(H,93,131)(H,94,129)(H,95,132)(H,96,130)(H,97,121)(H,98,118)(H,99,122)(H,100,134)(H,101,133)(H,102,125)(H,103,113)(H,104,117)(H,105,120)(H,106,119)(H,107,123)(H,108,124)(H,109,126)(H,110,135). The van der Waals surface area contributed by atoms with Crippen LogP contribution in [0.2, 0.25) is 0 Å². The van der Waals surface area contributed by atoms with Crippen molar-refractivity contribution >= 4 is 136 Å². The van der Waals surface area contributed by atoms with Gasteiger partial charge in [0.05, 0.1) is 19.2 Å². The van der Waals surface area contributed by atoms with E-state index in [-0.39, 0.29) is 44.6 Å². The summed E-state index contributed by atoms with van der Waals surface area (Å²) in [6, 6.07) is -5.80. The molecule has 47 heteroatoms. The minimum Gasteiger partial charge on any atom is -0.394 e. The molecule has 0 radical (unpaired) electrons. The summed E-state index contributed by atoms with van der Waals surface area (Å²) in [4.78, 5) is 310. The Balaban J connectivity index is 2.12. The maximum atomic E-state index is 14.2. The molecule has 1 aliphatic heterocycles. The molecule has 0 saturated carbocycles. The van der Waals surface area contributed by atoms with Crippen LogP contribution in [0.5, 0.6) is 0 Å². The van der Waals surface area contributed by atoms with E-state index in [1.807, 2.05) is 0 Å².